The van der Waals surface area contributed by atoms with Gasteiger partial charge < -0.3 is 14.8 Å². The van der Waals surface area contributed by atoms with Crippen LogP contribution in [0.4, 0.5) is 4.79 Å². The summed E-state index contributed by atoms with van der Waals surface area (Å²) in [5.74, 6) is 1.17. The van der Waals surface area contributed by atoms with Crippen LogP contribution < -0.4 is 14.8 Å². The maximum absolute atomic E-state index is 13.2. The molecule has 1 saturated heterocycles. The minimum atomic E-state index is -0.989. The van der Waals surface area contributed by atoms with Crippen molar-refractivity contribution >= 4 is 23.5 Å². The van der Waals surface area contributed by atoms with Gasteiger partial charge in [0.1, 0.15) is 23.6 Å². The maximum Gasteiger partial charge on any atom is 0.325 e. The van der Waals surface area contributed by atoms with E-state index in [4.69, 9.17) is 21.1 Å². The quantitative estimate of drug-likeness (QED) is 0.780. The summed E-state index contributed by atoms with van der Waals surface area (Å²) >= 11 is 5.86. The molecule has 7 heteroatoms. The van der Waals surface area contributed by atoms with Crippen LogP contribution in [0, 0.1) is 0 Å². The lowest BCUT2D eigenvalue weighted by Gasteiger charge is -2.33. The Morgan fingerprint density at radius 1 is 1.14 bits per heavy atom. The number of urea groups is 1. The third-order valence-electron chi connectivity index (χ3n) is 5.34. The number of hydrogen-bond donors (Lipinski definition) is 1. The van der Waals surface area contributed by atoms with Crippen molar-refractivity contribution in [1.82, 2.24) is 10.2 Å². The molecule has 0 radical (unpaired) electrons. The molecule has 1 atom stereocenters. The van der Waals surface area contributed by atoms with Crippen LogP contribution in [0.25, 0.3) is 0 Å². The lowest BCUT2D eigenvalue weighted by atomic mass is 9.76. The molecule has 146 valence electrons. The second-order valence-electron chi connectivity index (χ2n) is 6.97. The number of nitrogens with one attached hydrogen (secondary N) is 1. The highest BCUT2D eigenvalue weighted by molar-refractivity contribution is 6.30. The van der Waals surface area contributed by atoms with E-state index in [1.54, 1.807) is 31.4 Å². The van der Waals surface area contributed by atoms with Crippen LogP contribution in [0.15, 0.2) is 42.5 Å². The van der Waals surface area contributed by atoms with Crippen LogP contribution in [-0.4, -0.2) is 37.1 Å². The van der Waals surface area contributed by atoms with Crippen molar-refractivity contribution in [2.75, 3.05) is 20.3 Å². The highest BCUT2D eigenvalue weighted by Crippen LogP contribution is 2.41. The molecule has 1 unspecified atom stereocenters. The number of methoxy groups -OCH3 is 1. The molecule has 28 heavy (non-hydrogen) atoms. The molecule has 1 aliphatic carbocycles. The molecule has 1 heterocycles. The van der Waals surface area contributed by atoms with Gasteiger partial charge in [0.25, 0.3) is 5.91 Å². The van der Waals surface area contributed by atoms with Gasteiger partial charge in [0.15, 0.2) is 0 Å². The Labute approximate surface area is 168 Å². The summed E-state index contributed by atoms with van der Waals surface area (Å²) < 4.78 is 10.9. The maximum atomic E-state index is 13.2. The number of fused-ring (bicyclic) bond motifs is 2. The molecule has 1 spiro atoms. The molecule has 2 aromatic rings. The largest absolute Gasteiger partial charge is 0.497 e. The van der Waals surface area contributed by atoms with Crippen molar-refractivity contribution in [2.45, 2.75) is 24.8 Å². The van der Waals surface area contributed by atoms with E-state index in [0.29, 0.717) is 17.2 Å². The van der Waals surface area contributed by atoms with E-state index in [-0.39, 0.29) is 25.1 Å². The van der Waals surface area contributed by atoms with Crippen LogP contribution in [0.1, 0.15) is 24.0 Å². The Hall–Kier alpha value is -2.73. The standard InChI is InChI=1S/C21H21ClN2O4/c1-27-17-8-9-18-14(13-17)3-2-10-21(18)19(25)24(20(26)23-21)11-12-28-16-6-4-15(22)5-7-16/h4-9,13H,2-3,10-12H2,1H3,(H,23,26). The molecule has 0 aromatic heterocycles. The predicted molar refractivity (Wildman–Crippen MR) is 105 cm³/mol. The summed E-state index contributed by atoms with van der Waals surface area (Å²) in [6.07, 6.45) is 2.27. The summed E-state index contributed by atoms with van der Waals surface area (Å²) in [4.78, 5) is 27.1. The van der Waals surface area contributed by atoms with Crippen LogP contribution in [0.5, 0.6) is 11.5 Å². The zero-order valence-electron chi connectivity index (χ0n) is 15.5. The lowest BCUT2D eigenvalue weighted by Crippen LogP contribution is -2.46. The highest BCUT2D eigenvalue weighted by Gasteiger charge is 2.53. The number of benzene rings is 2. The molecular formula is C21H21ClN2O4. The number of imide groups is 1. The summed E-state index contributed by atoms with van der Waals surface area (Å²) in [6.45, 7) is 0.396. The number of nitrogens with zero attached hydrogens (tertiary/aromatic N) is 1. The van der Waals surface area contributed by atoms with Crippen molar-refractivity contribution in [3.05, 3.63) is 58.6 Å². The molecule has 2 aliphatic rings. The van der Waals surface area contributed by atoms with Crippen LogP contribution in [0.2, 0.25) is 5.02 Å². The summed E-state index contributed by atoms with van der Waals surface area (Å²) in [5, 5.41) is 3.56. The van der Waals surface area contributed by atoms with Crippen molar-refractivity contribution in [3.63, 3.8) is 0 Å². The number of hydrogen-bond acceptors (Lipinski definition) is 4. The molecule has 4 rings (SSSR count). The topological polar surface area (TPSA) is 67.9 Å². The summed E-state index contributed by atoms with van der Waals surface area (Å²) in [7, 11) is 1.62. The molecule has 0 saturated carbocycles. The Morgan fingerprint density at radius 3 is 2.64 bits per heavy atom. The van der Waals surface area contributed by atoms with Crippen LogP contribution >= 0.6 is 11.6 Å². The minimum Gasteiger partial charge on any atom is -0.497 e. The first-order chi connectivity index (χ1) is 13.5. The fraction of sp³-hybridized carbons (Fsp3) is 0.333. The second kappa shape index (κ2) is 7.36. The van der Waals surface area contributed by atoms with Gasteiger partial charge in [0.2, 0.25) is 0 Å². The number of rotatable bonds is 5. The smallest absolute Gasteiger partial charge is 0.325 e. The number of carbonyl (C=O) groups is 2. The number of ether oxygens (including phenoxy) is 2. The first-order valence-corrected chi connectivity index (χ1v) is 9.61. The third kappa shape index (κ3) is 3.18. The molecule has 3 amide bonds. The van der Waals surface area contributed by atoms with Gasteiger partial charge in [-0.05, 0) is 66.8 Å². The number of aryl methyl sites for hydroxylation is 1. The van der Waals surface area contributed by atoms with Crippen molar-refractivity contribution in [3.8, 4) is 11.5 Å². The van der Waals surface area contributed by atoms with Crippen LogP contribution in [0.3, 0.4) is 0 Å². The van der Waals surface area contributed by atoms with E-state index < -0.39 is 5.54 Å². The normalized spacial score (nSPS) is 20.9. The van der Waals surface area contributed by atoms with E-state index >= 15 is 0 Å². The number of amides is 3. The average molecular weight is 401 g/mol. The van der Waals surface area contributed by atoms with Crippen molar-refractivity contribution in [1.29, 1.82) is 0 Å². The fourth-order valence-electron chi connectivity index (χ4n) is 3.97. The summed E-state index contributed by atoms with van der Waals surface area (Å²) in [5.41, 5.74) is 0.912. The van der Waals surface area contributed by atoms with Gasteiger partial charge in [-0.1, -0.05) is 17.7 Å². The molecule has 1 N–H and O–H groups in total. The Bertz CT molecular complexity index is 915. The van der Waals surface area contributed by atoms with E-state index in [0.717, 1.165) is 29.7 Å². The second-order valence-corrected chi connectivity index (χ2v) is 7.41. The SMILES string of the molecule is COc1ccc2c(c1)CCCC21NC(=O)N(CCOc2ccc(Cl)cc2)C1=O. The van der Waals surface area contributed by atoms with Gasteiger partial charge in [-0.3, -0.25) is 9.69 Å². The van der Waals surface area contributed by atoms with Gasteiger partial charge in [0.05, 0.1) is 13.7 Å². The van der Waals surface area contributed by atoms with Gasteiger partial charge in [-0.25, -0.2) is 4.79 Å². The monoisotopic (exact) mass is 400 g/mol. The fourth-order valence-corrected chi connectivity index (χ4v) is 4.09. The molecule has 0 bridgehead atoms. The van der Waals surface area contributed by atoms with E-state index in [1.165, 1.54) is 4.90 Å². The zero-order valence-corrected chi connectivity index (χ0v) is 16.3. The lowest BCUT2D eigenvalue weighted by molar-refractivity contribution is -0.132. The third-order valence-corrected chi connectivity index (χ3v) is 5.60. The molecule has 1 aliphatic heterocycles. The van der Waals surface area contributed by atoms with Gasteiger partial charge in [-0.15, -0.1) is 0 Å². The number of halogens is 1. The first-order valence-electron chi connectivity index (χ1n) is 9.23. The van der Waals surface area contributed by atoms with E-state index in [2.05, 4.69) is 5.32 Å². The van der Waals surface area contributed by atoms with Crippen LogP contribution in [-0.2, 0) is 16.8 Å². The van der Waals surface area contributed by atoms with Crippen molar-refractivity contribution < 1.29 is 19.1 Å². The summed E-state index contributed by atoms with van der Waals surface area (Å²) in [6, 6.07) is 12.2. The van der Waals surface area contributed by atoms with Gasteiger partial charge >= 0.3 is 6.03 Å². The van der Waals surface area contributed by atoms with Gasteiger partial charge in [0, 0.05) is 5.02 Å². The first kappa shape index (κ1) is 18.6. The highest BCUT2D eigenvalue weighted by atomic mass is 35.5. The Balaban J connectivity index is 1.50. The van der Waals surface area contributed by atoms with E-state index in [9.17, 15) is 9.59 Å². The average Bonchev–Trinajstić information content (AvgIpc) is 2.94. The number of carbonyl (C=O) groups excluding carboxylic acids is 2. The Morgan fingerprint density at radius 2 is 1.89 bits per heavy atom. The molecule has 1 fully saturated rings. The molecular weight excluding hydrogens is 380 g/mol. The van der Waals surface area contributed by atoms with Gasteiger partial charge in [-0.2, -0.15) is 0 Å². The van der Waals surface area contributed by atoms with E-state index in [1.807, 2.05) is 18.2 Å². The molecule has 6 nitrogen and oxygen atoms in total. The zero-order chi connectivity index (χ0) is 19.7. The predicted octanol–water partition coefficient (Wildman–Crippen LogP) is 3.51. The molecule has 2 aromatic carbocycles. The van der Waals surface area contributed by atoms with Crippen molar-refractivity contribution in [2.24, 2.45) is 0 Å². The Kier molecular flexibility index (Phi) is 4.89. The minimum absolute atomic E-state index is 0.181.